The summed E-state index contributed by atoms with van der Waals surface area (Å²) in [5.74, 6) is -1.02. The zero-order valence-electron chi connectivity index (χ0n) is 20.5. The molecule has 1 heterocycles. The highest BCUT2D eigenvalue weighted by Crippen LogP contribution is 2.23. The zero-order valence-corrected chi connectivity index (χ0v) is 21.3. The van der Waals surface area contributed by atoms with Gasteiger partial charge in [-0.05, 0) is 63.2 Å². The Hall–Kier alpha value is -3.43. The first-order valence-electron chi connectivity index (χ1n) is 11.1. The van der Waals surface area contributed by atoms with E-state index in [9.17, 15) is 18.0 Å². The van der Waals surface area contributed by atoms with E-state index in [0.29, 0.717) is 17.9 Å². The van der Waals surface area contributed by atoms with Crippen molar-refractivity contribution in [1.29, 1.82) is 0 Å². The number of carbonyl (C=O) groups excluding carboxylic acids is 2. The molecule has 1 unspecified atom stereocenters. The van der Waals surface area contributed by atoms with Gasteiger partial charge < -0.3 is 14.0 Å². The van der Waals surface area contributed by atoms with Crippen molar-refractivity contribution in [2.75, 3.05) is 31.7 Å². The van der Waals surface area contributed by atoms with Gasteiger partial charge in [0.05, 0.1) is 28.8 Å². The standard InChI is InChI=1S/C26H30N2O6S/c1-18-15-24(20(3)28(18)19(2)16-33-5)25(29)17-34-26(30)21-11-13-23(14-12-21)35(31,32)27(4)22-9-7-6-8-10-22/h6-15,19H,16-17H2,1-5H3. The molecule has 0 spiro atoms. The van der Waals surface area contributed by atoms with Crippen LogP contribution in [0.3, 0.4) is 0 Å². The molecule has 1 aromatic heterocycles. The number of Topliss-reactive ketones (excluding diaryl/α,β-unsaturated/α-hetero) is 1. The molecule has 9 heteroatoms. The summed E-state index contributed by atoms with van der Waals surface area (Å²) in [5, 5.41) is 0. The first-order chi connectivity index (χ1) is 16.6. The number of hydrogen-bond donors (Lipinski definition) is 0. The van der Waals surface area contributed by atoms with E-state index < -0.39 is 22.6 Å². The van der Waals surface area contributed by atoms with Crippen LogP contribution in [0.25, 0.3) is 0 Å². The average molecular weight is 499 g/mol. The summed E-state index contributed by atoms with van der Waals surface area (Å²) in [5.41, 5.74) is 2.86. The third-order valence-electron chi connectivity index (χ3n) is 5.84. The maximum absolute atomic E-state index is 12.9. The number of para-hydroxylation sites is 1. The van der Waals surface area contributed by atoms with Crippen molar-refractivity contribution in [3.05, 3.63) is 83.2 Å². The summed E-state index contributed by atoms with van der Waals surface area (Å²) in [6.45, 7) is 5.84. The number of sulfonamides is 1. The number of nitrogens with zero attached hydrogens (tertiary/aromatic N) is 2. The SMILES string of the molecule is COCC(C)n1c(C)cc(C(=O)COC(=O)c2ccc(S(=O)(=O)N(C)c3ccccc3)cc2)c1C. The van der Waals surface area contributed by atoms with E-state index in [1.54, 1.807) is 43.5 Å². The molecule has 8 nitrogen and oxygen atoms in total. The fourth-order valence-electron chi connectivity index (χ4n) is 4.04. The number of anilines is 1. The summed E-state index contributed by atoms with van der Waals surface area (Å²) in [6.07, 6.45) is 0. The van der Waals surface area contributed by atoms with E-state index in [4.69, 9.17) is 9.47 Å². The molecule has 0 aliphatic carbocycles. The molecular weight excluding hydrogens is 468 g/mol. The van der Waals surface area contributed by atoms with Crippen molar-refractivity contribution in [3.8, 4) is 0 Å². The lowest BCUT2D eigenvalue weighted by Gasteiger charge is -2.19. The maximum Gasteiger partial charge on any atom is 0.338 e. The second kappa shape index (κ2) is 10.9. The number of carbonyl (C=O) groups is 2. The van der Waals surface area contributed by atoms with E-state index in [1.165, 1.54) is 35.6 Å². The van der Waals surface area contributed by atoms with Gasteiger partial charge in [0.1, 0.15) is 0 Å². The van der Waals surface area contributed by atoms with Crippen LogP contribution in [0, 0.1) is 13.8 Å². The quantitative estimate of drug-likeness (QED) is 0.307. The van der Waals surface area contributed by atoms with E-state index in [-0.39, 0.29) is 22.3 Å². The number of benzene rings is 2. The summed E-state index contributed by atoms with van der Waals surface area (Å²) in [6, 6.07) is 15.9. The molecule has 0 N–H and O–H groups in total. The molecule has 0 saturated carbocycles. The number of esters is 1. The monoisotopic (exact) mass is 498 g/mol. The summed E-state index contributed by atoms with van der Waals surface area (Å²) in [7, 11) is -0.710. The van der Waals surface area contributed by atoms with Gasteiger partial charge >= 0.3 is 5.97 Å². The highest BCUT2D eigenvalue weighted by molar-refractivity contribution is 7.92. The number of ketones is 1. The Morgan fingerprint density at radius 1 is 1.03 bits per heavy atom. The Labute approximate surface area is 206 Å². The minimum atomic E-state index is -3.80. The number of aromatic nitrogens is 1. The fraction of sp³-hybridized carbons (Fsp3) is 0.308. The number of methoxy groups -OCH3 is 1. The molecule has 35 heavy (non-hydrogen) atoms. The molecule has 0 aliphatic heterocycles. The van der Waals surface area contributed by atoms with Crippen LogP contribution in [-0.4, -0.2) is 52.1 Å². The minimum absolute atomic E-state index is 0.0362. The van der Waals surface area contributed by atoms with Gasteiger partial charge in [-0.2, -0.15) is 0 Å². The number of rotatable bonds is 10. The number of aryl methyl sites for hydroxylation is 1. The van der Waals surface area contributed by atoms with Gasteiger partial charge in [0, 0.05) is 31.1 Å². The summed E-state index contributed by atoms with van der Waals surface area (Å²) < 4.78 is 39.4. The number of hydrogen-bond acceptors (Lipinski definition) is 6. The lowest BCUT2D eigenvalue weighted by Crippen LogP contribution is -2.26. The summed E-state index contributed by atoms with van der Waals surface area (Å²) in [4.78, 5) is 25.3. The Bertz CT molecular complexity index is 1300. The van der Waals surface area contributed by atoms with Gasteiger partial charge in [-0.25, -0.2) is 13.2 Å². The normalized spacial score (nSPS) is 12.3. The first-order valence-corrected chi connectivity index (χ1v) is 12.5. The van der Waals surface area contributed by atoms with E-state index in [2.05, 4.69) is 0 Å². The number of ether oxygens (including phenoxy) is 2. The third-order valence-corrected chi connectivity index (χ3v) is 7.64. The molecule has 0 radical (unpaired) electrons. The van der Waals surface area contributed by atoms with E-state index >= 15 is 0 Å². The first kappa shape index (κ1) is 26.2. The molecule has 186 valence electrons. The van der Waals surface area contributed by atoms with Crippen LogP contribution >= 0.6 is 0 Å². The van der Waals surface area contributed by atoms with Crippen molar-refractivity contribution in [1.82, 2.24) is 4.57 Å². The maximum atomic E-state index is 12.9. The smallest absolute Gasteiger partial charge is 0.338 e. The summed E-state index contributed by atoms with van der Waals surface area (Å²) >= 11 is 0. The van der Waals surface area contributed by atoms with Crippen molar-refractivity contribution < 1.29 is 27.5 Å². The third kappa shape index (κ3) is 5.63. The predicted molar refractivity (Wildman–Crippen MR) is 134 cm³/mol. The minimum Gasteiger partial charge on any atom is -0.454 e. The van der Waals surface area contributed by atoms with Crippen LogP contribution in [-0.2, 0) is 19.5 Å². The topological polar surface area (TPSA) is 94.9 Å². The van der Waals surface area contributed by atoms with Crippen LogP contribution in [0.15, 0.2) is 65.6 Å². The molecule has 0 fully saturated rings. The van der Waals surface area contributed by atoms with Gasteiger partial charge in [0.2, 0.25) is 5.78 Å². The van der Waals surface area contributed by atoms with Crippen LogP contribution < -0.4 is 4.31 Å². The van der Waals surface area contributed by atoms with E-state index in [1.807, 2.05) is 25.3 Å². The Balaban J connectivity index is 1.67. The molecule has 0 amide bonds. The van der Waals surface area contributed by atoms with Gasteiger partial charge in [-0.15, -0.1) is 0 Å². The molecule has 1 atom stereocenters. The highest BCUT2D eigenvalue weighted by Gasteiger charge is 2.23. The van der Waals surface area contributed by atoms with Gasteiger partial charge in [0.25, 0.3) is 10.0 Å². The average Bonchev–Trinajstić information content (AvgIpc) is 3.16. The Kier molecular flexibility index (Phi) is 8.14. The zero-order chi connectivity index (χ0) is 25.8. The van der Waals surface area contributed by atoms with Crippen molar-refractivity contribution in [2.24, 2.45) is 0 Å². The second-order valence-electron chi connectivity index (χ2n) is 8.29. The molecule has 0 saturated heterocycles. The van der Waals surface area contributed by atoms with Crippen LogP contribution in [0.4, 0.5) is 5.69 Å². The van der Waals surface area contributed by atoms with Crippen molar-refractivity contribution in [3.63, 3.8) is 0 Å². The van der Waals surface area contributed by atoms with Crippen molar-refractivity contribution >= 4 is 27.5 Å². The van der Waals surface area contributed by atoms with Crippen molar-refractivity contribution in [2.45, 2.75) is 31.7 Å². The van der Waals surface area contributed by atoms with E-state index in [0.717, 1.165) is 11.4 Å². The largest absolute Gasteiger partial charge is 0.454 e. The van der Waals surface area contributed by atoms with Crippen LogP contribution in [0.2, 0.25) is 0 Å². The molecular formula is C26H30N2O6S. The Morgan fingerprint density at radius 2 is 1.66 bits per heavy atom. The van der Waals surface area contributed by atoms with Gasteiger partial charge in [-0.1, -0.05) is 18.2 Å². The second-order valence-corrected chi connectivity index (χ2v) is 10.3. The molecule has 0 bridgehead atoms. The van der Waals surface area contributed by atoms with Crippen LogP contribution in [0.1, 0.15) is 45.1 Å². The molecule has 3 aromatic rings. The predicted octanol–water partition coefficient (Wildman–Crippen LogP) is 4.18. The molecule has 2 aromatic carbocycles. The van der Waals surface area contributed by atoms with Gasteiger partial charge in [-0.3, -0.25) is 9.10 Å². The fourth-order valence-corrected chi connectivity index (χ4v) is 5.24. The highest BCUT2D eigenvalue weighted by atomic mass is 32.2. The molecule has 0 aliphatic rings. The Morgan fingerprint density at radius 3 is 2.26 bits per heavy atom. The lowest BCUT2D eigenvalue weighted by atomic mass is 10.1. The van der Waals surface area contributed by atoms with Crippen LogP contribution in [0.5, 0.6) is 0 Å². The van der Waals surface area contributed by atoms with Gasteiger partial charge in [0.15, 0.2) is 6.61 Å². The molecule has 3 rings (SSSR count). The lowest BCUT2D eigenvalue weighted by molar-refractivity contribution is 0.0474.